The highest BCUT2D eigenvalue weighted by Crippen LogP contribution is 2.34. The maximum atomic E-state index is 12.9. The first-order valence-electron chi connectivity index (χ1n) is 12.5. The number of hydrogen-bond donors (Lipinski definition) is 1. The summed E-state index contributed by atoms with van der Waals surface area (Å²) in [5, 5.41) is 2.46. The van der Waals surface area contributed by atoms with E-state index in [1.54, 1.807) is 24.3 Å². The molecule has 0 bridgehead atoms. The fourth-order valence-electron chi connectivity index (χ4n) is 3.80. The van der Waals surface area contributed by atoms with Crippen LogP contribution in [-0.2, 0) is 9.59 Å². The second-order valence-corrected chi connectivity index (χ2v) is 9.83. The van der Waals surface area contributed by atoms with Gasteiger partial charge >= 0.3 is 0 Å². The zero-order valence-electron chi connectivity index (χ0n) is 22.1. The van der Waals surface area contributed by atoms with Crippen molar-refractivity contribution in [3.8, 4) is 17.2 Å². The number of rotatable bonds is 11. The van der Waals surface area contributed by atoms with E-state index < -0.39 is 0 Å². The molecule has 3 amide bonds. The Labute approximate surface area is 231 Å². The summed E-state index contributed by atoms with van der Waals surface area (Å²) in [5.41, 5.74) is 3.52. The van der Waals surface area contributed by atoms with Crippen LogP contribution in [0.25, 0.3) is 6.08 Å². The van der Waals surface area contributed by atoms with Gasteiger partial charge in [0, 0.05) is 5.69 Å². The van der Waals surface area contributed by atoms with Crippen molar-refractivity contribution in [3.63, 3.8) is 0 Å². The average molecular weight is 547 g/mol. The molecule has 1 saturated heterocycles. The summed E-state index contributed by atoms with van der Waals surface area (Å²) in [6, 6.07) is 20.2. The second kappa shape index (κ2) is 13.0. The van der Waals surface area contributed by atoms with Crippen molar-refractivity contribution in [1.82, 2.24) is 4.90 Å². The number of carbonyl (C=O) groups excluding carboxylic acids is 3. The van der Waals surface area contributed by atoms with Crippen molar-refractivity contribution in [2.24, 2.45) is 0 Å². The maximum Gasteiger partial charge on any atom is 0.293 e. The summed E-state index contributed by atoms with van der Waals surface area (Å²) >= 11 is 0.882. The number of benzene rings is 3. The number of amides is 3. The Bertz CT molecular complexity index is 1390. The molecule has 1 N–H and O–H groups in total. The molecule has 1 aliphatic rings. The van der Waals surface area contributed by atoms with E-state index in [0.29, 0.717) is 40.0 Å². The van der Waals surface area contributed by atoms with Crippen molar-refractivity contribution in [2.45, 2.75) is 20.8 Å². The van der Waals surface area contributed by atoms with Crippen LogP contribution in [0.15, 0.2) is 71.6 Å². The smallest absolute Gasteiger partial charge is 0.293 e. The Kier molecular flexibility index (Phi) is 9.27. The SMILES string of the molecule is CCOc1cc(/C=C2\SC(=O)N(CCOc3ccc(C)cc3)C2=O)ccc1OCC(=O)Nc1cccc(C)c1. The van der Waals surface area contributed by atoms with Gasteiger partial charge in [-0.25, -0.2) is 0 Å². The highest BCUT2D eigenvalue weighted by molar-refractivity contribution is 8.18. The van der Waals surface area contributed by atoms with E-state index in [-0.39, 0.29) is 36.8 Å². The first-order valence-corrected chi connectivity index (χ1v) is 13.3. The quantitative estimate of drug-likeness (QED) is 0.302. The van der Waals surface area contributed by atoms with Crippen LogP contribution in [0.3, 0.4) is 0 Å². The summed E-state index contributed by atoms with van der Waals surface area (Å²) < 4.78 is 17.1. The molecule has 202 valence electrons. The molecule has 1 aliphatic heterocycles. The fraction of sp³-hybridized carbons (Fsp3) is 0.233. The third-order valence-electron chi connectivity index (χ3n) is 5.70. The van der Waals surface area contributed by atoms with Gasteiger partial charge in [0.2, 0.25) is 0 Å². The van der Waals surface area contributed by atoms with Crippen LogP contribution in [-0.4, -0.2) is 48.3 Å². The van der Waals surface area contributed by atoms with E-state index >= 15 is 0 Å². The predicted octanol–water partition coefficient (Wildman–Crippen LogP) is 5.83. The van der Waals surface area contributed by atoms with Crippen molar-refractivity contribution >= 4 is 40.6 Å². The Morgan fingerprint density at radius 1 is 0.923 bits per heavy atom. The summed E-state index contributed by atoms with van der Waals surface area (Å²) in [7, 11) is 0. The number of aryl methyl sites for hydroxylation is 2. The zero-order valence-corrected chi connectivity index (χ0v) is 22.9. The monoisotopic (exact) mass is 546 g/mol. The van der Waals surface area contributed by atoms with Crippen LogP contribution < -0.4 is 19.5 Å². The lowest BCUT2D eigenvalue weighted by Gasteiger charge is -2.14. The maximum absolute atomic E-state index is 12.9. The van der Waals surface area contributed by atoms with Gasteiger partial charge in [-0.3, -0.25) is 19.3 Å². The van der Waals surface area contributed by atoms with Gasteiger partial charge in [-0.2, -0.15) is 0 Å². The number of hydrogen-bond acceptors (Lipinski definition) is 7. The van der Waals surface area contributed by atoms with E-state index in [0.717, 1.165) is 22.9 Å². The van der Waals surface area contributed by atoms with Gasteiger partial charge < -0.3 is 19.5 Å². The third-order valence-corrected chi connectivity index (χ3v) is 6.61. The van der Waals surface area contributed by atoms with Crippen LogP contribution >= 0.6 is 11.8 Å². The van der Waals surface area contributed by atoms with E-state index in [9.17, 15) is 14.4 Å². The Hall–Kier alpha value is -4.24. The first-order chi connectivity index (χ1) is 18.8. The van der Waals surface area contributed by atoms with Gasteiger partial charge in [0.05, 0.1) is 18.1 Å². The summed E-state index contributed by atoms with van der Waals surface area (Å²) in [5.74, 6) is 0.840. The van der Waals surface area contributed by atoms with Crippen molar-refractivity contribution in [1.29, 1.82) is 0 Å². The molecule has 1 heterocycles. The molecule has 3 aromatic carbocycles. The van der Waals surface area contributed by atoms with Gasteiger partial charge in [-0.1, -0.05) is 35.9 Å². The fourth-order valence-corrected chi connectivity index (χ4v) is 4.66. The standard InChI is InChI=1S/C30H30N2O6S/c1-4-36-26-17-22(10-13-25(26)38-19-28(33)31-23-7-5-6-21(3)16-23)18-27-29(34)32(30(35)39-27)14-15-37-24-11-8-20(2)9-12-24/h5-13,16-18H,4,14-15,19H2,1-3H3,(H,31,33)/b27-18-. The lowest BCUT2D eigenvalue weighted by molar-refractivity contribution is -0.123. The van der Waals surface area contributed by atoms with E-state index in [4.69, 9.17) is 14.2 Å². The molecule has 9 heteroatoms. The van der Waals surface area contributed by atoms with Crippen molar-refractivity contribution in [2.75, 3.05) is 31.7 Å². The largest absolute Gasteiger partial charge is 0.492 e. The minimum atomic E-state index is -0.372. The van der Waals surface area contributed by atoms with Gasteiger partial charge in [-0.15, -0.1) is 0 Å². The molecule has 0 aliphatic carbocycles. The predicted molar refractivity (Wildman–Crippen MR) is 152 cm³/mol. The number of ether oxygens (including phenoxy) is 3. The highest BCUT2D eigenvalue weighted by Gasteiger charge is 2.34. The second-order valence-electron chi connectivity index (χ2n) is 8.84. The normalized spacial score (nSPS) is 14.0. The van der Waals surface area contributed by atoms with Crippen molar-refractivity contribution in [3.05, 3.63) is 88.3 Å². The summed E-state index contributed by atoms with van der Waals surface area (Å²) in [6.45, 7) is 6.31. The van der Waals surface area contributed by atoms with Crippen LogP contribution in [0.5, 0.6) is 17.2 Å². The molecule has 0 radical (unpaired) electrons. The zero-order chi connectivity index (χ0) is 27.8. The first kappa shape index (κ1) is 27.8. The highest BCUT2D eigenvalue weighted by atomic mass is 32.2. The molecule has 0 unspecified atom stereocenters. The van der Waals surface area contributed by atoms with Gasteiger partial charge in [0.1, 0.15) is 12.4 Å². The molecule has 8 nitrogen and oxygen atoms in total. The number of nitrogens with one attached hydrogen (secondary N) is 1. The Morgan fingerprint density at radius 3 is 2.46 bits per heavy atom. The van der Waals surface area contributed by atoms with Gasteiger partial charge in [-0.05, 0) is 86.1 Å². The van der Waals surface area contributed by atoms with E-state index in [2.05, 4.69) is 5.32 Å². The molecular weight excluding hydrogens is 516 g/mol. The lowest BCUT2D eigenvalue weighted by atomic mass is 10.2. The van der Waals surface area contributed by atoms with Crippen LogP contribution in [0.4, 0.5) is 10.5 Å². The topological polar surface area (TPSA) is 94.2 Å². The molecular formula is C30H30N2O6S. The molecule has 3 aromatic rings. The lowest BCUT2D eigenvalue weighted by Crippen LogP contribution is -2.32. The van der Waals surface area contributed by atoms with E-state index in [1.165, 1.54) is 4.90 Å². The van der Waals surface area contributed by atoms with Crippen LogP contribution in [0, 0.1) is 13.8 Å². The molecule has 0 saturated carbocycles. The van der Waals surface area contributed by atoms with Crippen LogP contribution in [0.1, 0.15) is 23.6 Å². The number of thioether (sulfide) groups is 1. The van der Waals surface area contributed by atoms with Crippen molar-refractivity contribution < 1.29 is 28.6 Å². The number of imide groups is 1. The number of carbonyl (C=O) groups is 3. The third kappa shape index (κ3) is 7.64. The summed E-state index contributed by atoms with van der Waals surface area (Å²) in [6.07, 6.45) is 1.64. The minimum absolute atomic E-state index is 0.150. The molecule has 0 atom stereocenters. The van der Waals surface area contributed by atoms with Crippen LogP contribution in [0.2, 0.25) is 0 Å². The Balaban J connectivity index is 1.37. The number of anilines is 1. The molecule has 0 spiro atoms. The molecule has 4 rings (SSSR count). The van der Waals surface area contributed by atoms with E-state index in [1.807, 2.05) is 69.3 Å². The molecule has 39 heavy (non-hydrogen) atoms. The number of nitrogens with zero attached hydrogens (tertiary/aromatic N) is 1. The summed E-state index contributed by atoms with van der Waals surface area (Å²) in [4.78, 5) is 39.2. The van der Waals surface area contributed by atoms with Gasteiger partial charge in [0.25, 0.3) is 17.1 Å². The molecule has 0 aromatic heterocycles. The average Bonchev–Trinajstić information content (AvgIpc) is 3.17. The minimum Gasteiger partial charge on any atom is -0.492 e. The van der Waals surface area contributed by atoms with Gasteiger partial charge in [0.15, 0.2) is 18.1 Å². The Morgan fingerprint density at radius 2 is 1.72 bits per heavy atom. The molecule has 1 fully saturated rings.